The first-order chi connectivity index (χ1) is 10.1. The highest BCUT2D eigenvalue weighted by Gasteiger charge is 2.32. The third-order valence-electron chi connectivity index (χ3n) is 3.67. The molecule has 1 aromatic rings. The molecule has 4 heteroatoms. The van der Waals surface area contributed by atoms with Gasteiger partial charge in [-0.3, -0.25) is 4.79 Å². The van der Waals surface area contributed by atoms with Crippen LogP contribution in [0.1, 0.15) is 24.5 Å². The maximum absolute atomic E-state index is 12.4. The van der Waals surface area contributed by atoms with E-state index in [1.165, 1.54) is 0 Å². The summed E-state index contributed by atoms with van der Waals surface area (Å²) in [5.41, 5.74) is 1.86. The second-order valence-corrected chi connectivity index (χ2v) is 5.41. The molecule has 1 aromatic carbocycles. The monoisotopic (exact) mass is 287 g/mol. The number of hydrogen-bond acceptors (Lipinski definition) is 3. The summed E-state index contributed by atoms with van der Waals surface area (Å²) in [5.74, 6) is 5.81. The van der Waals surface area contributed by atoms with Gasteiger partial charge in [0.05, 0.1) is 0 Å². The number of aliphatic hydroxyl groups is 1. The van der Waals surface area contributed by atoms with Gasteiger partial charge in [-0.25, -0.2) is 0 Å². The van der Waals surface area contributed by atoms with Crippen molar-refractivity contribution in [3.05, 3.63) is 35.4 Å². The van der Waals surface area contributed by atoms with E-state index in [1.54, 1.807) is 11.9 Å². The maximum Gasteiger partial charge on any atom is 0.252 e. The van der Waals surface area contributed by atoms with Crippen molar-refractivity contribution >= 4 is 5.91 Å². The van der Waals surface area contributed by atoms with Crippen LogP contribution in [-0.2, 0) is 16.1 Å². The lowest BCUT2D eigenvalue weighted by atomic mass is 10.0. The van der Waals surface area contributed by atoms with E-state index >= 15 is 0 Å². The Balaban J connectivity index is 2.02. The number of hydrogen-bond donors (Lipinski definition) is 1. The number of likely N-dealkylation sites (N-methyl/N-ethyl adjacent to an activating group) is 1. The molecule has 2 unspecified atom stereocenters. The molecule has 112 valence electrons. The lowest BCUT2D eigenvalue weighted by molar-refractivity contribution is -0.141. The number of carbonyl (C=O) groups is 1. The fourth-order valence-corrected chi connectivity index (χ4v) is 2.47. The Morgan fingerprint density at radius 1 is 1.52 bits per heavy atom. The molecule has 1 amide bonds. The molecule has 1 saturated heterocycles. The quantitative estimate of drug-likeness (QED) is 0.855. The number of rotatable bonds is 3. The van der Waals surface area contributed by atoms with E-state index in [0.717, 1.165) is 17.5 Å². The minimum Gasteiger partial charge on any atom is -0.384 e. The SMILES string of the molecule is CC1CCOC1C(=O)N(C)Cc1cccc(C#CCO)c1. The molecule has 0 saturated carbocycles. The summed E-state index contributed by atoms with van der Waals surface area (Å²) < 4.78 is 5.52. The van der Waals surface area contributed by atoms with Gasteiger partial charge >= 0.3 is 0 Å². The smallest absolute Gasteiger partial charge is 0.252 e. The van der Waals surface area contributed by atoms with E-state index in [0.29, 0.717) is 13.2 Å². The first kappa shape index (κ1) is 15.6. The molecular weight excluding hydrogens is 266 g/mol. The highest BCUT2D eigenvalue weighted by Crippen LogP contribution is 2.22. The molecule has 0 aliphatic carbocycles. The fraction of sp³-hybridized carbons (Fsp3) is 0.471. The van der Waals surface area contributed by atoms with E-state index in [-0.39, 0.29) is 24.5 Å². The molecule has 1 fully saturated rings. The average molecular weight is 287 g/mol. The van der Waals surface area contributed by atoms with Gasteiger partial charge in [-0.1, -0.05) is 30.9 Å². The number of ether oxygens (including phenoxy) is 1. The molecule has 0 radical (unpaired) electrons. The first-order valence-corrected chi connectivity index (χ1v) is 7.17. The molecule has 0 bridgehead atoms. The summed E-state index contributed by atoms with van der Waals surface area (Å²) in [7, 11) is 1.79. The zero-order chi connectivity index (χ0) is 15.2. The van der Waals surface area contributed by atoms with Crippen molar-refractivity contribution < 1.29 is 14.6 Å². The van der Waals surface area contributed by atoms with Crippen molar-refractivity contribution in [3.63, 3.8) is 0 Å². The molecule has 4 nitrogen and oxygen atoms in total. The molecular formula is C17H21NO3. The van der Waals surface area contributed by atoms with Gasteiger partial charge in [0.1, 0.15) is 12.7 Å². The Hall–Kier alpha value is -1.83. The Kier molecular flexibility index (Phi) is 5.38. The highest BCUT2D eigenvalue weighted by molar-refractivity contribution is 5.81. The first-order valence-electron chi connectivity index (χ1n) is 7.17. The van der Waals surface area contributed by atoms with Gasteiger partial charge in [0.25, 0.3) is 5.91 Å². The minimum atomic E-state index is -0.313. The molecule has 1 heterocycles. The van der Waals surface area contributed by atoms with E-state index in [9.17, 15) is 4.79 Å². The molecule has 2 rings (SSSR count). The third-order valence-corrected chi connectivity index (χ3v) is 3.67. The Bertz CT molecular complexity index is 559. The number of amides is 1. The van der Waals surface area contributed by atoms with Gasteiger partial charge < -0.3 is 14.7 Å². The van der Waals surface area contributed by atoms with E-state index in [4.69, 9.17) is 9.84 Å². The van der Waals surface area contributed by atoms with Crippen LogP contribution in [0.5, 0.6) is 0 Å². The van der Waals surface area contributed by atoms with Crippen LogP contribution < -0.4 is 0 Å². The van der Waals surface area contributed by atoms with E-state index in [1.807, 2.05) is 24.3 Å². The Labute approximate surface area is 125 Å². The number of nitrogens with zero attached hydrogens (tertiary/aromatic N) is 1. The minimum absolute atomic E-state index is 0.0341. The van der Waals surface area contributed by atoms with Crippen molar-refractivity contribution in [2.45, 2.75) is 26.0 Å². The standard InChI is InChI=1S/C17H21NO3/c1-13-8-10-21-16(13)17(20)18(2)12-15-6-3-5-14(11-15)7-4-9-19/h3,5-6,11,13,16,19H,8-10,12H2,1-2H3. The van der Waals surface area contributed by atoms with E-state index in [2.05, 4.69) is 18.8 Å². The van der Waals surface area contributed by atoms with Crippen LogP contribution in [0, 0.1) is 17.8 Å². The topological polar surface area (TPSA) is 49.8 Å². The molecule has 2 atom stereocenters. The normalized spacial score (nSPS) is 20.7. The summed E-state index contributed by atoms with van der Waals surface area (Å²) >= 11 is 0. The summed E-state index contributed by atoms with van der Waals surface area (Å²) in [6.07, 6.45) is 0.628. The second-order valence-electron chi connectivity index (χ2n) is 5.41. The van der Waals surface area contributed by atoms with Crippen LogP contribution >= 0.6 is 0 Å². The van der Waals surface area contributed by atoms with Crippen molar-refractivity contribution in [2.75, 3.05) is 20.3 Å². The number of benzene rings is 1. The van der Waals surface area contributed by atoms with Crippen LogP contribution in [0.15, 0.2) is 24.3 Å². The van der Waals surface area contributed by atoms with Gasteiger partial charge in [0.15, 0.2) is 0 Å². The molecule has 21 heavy (non-hydrogen) atoms. The molecule has 1 N–H and O–H groups in total. The predicted molar refractivity (Wildman–Crippen MR) is 80.4 cm³/mol. The van der Waals surface area contributed by atoms with Crippen molar-refractivity contribution in [1.29, 1.82) is 0 Å². The van der Waals surface area contributed by atoms with E-state index < -0.39 is 0 Å². The predicted octanol–water partition coefficient (Wildman–Crippen LogP) is 1.41. The molecule has 1 aliphatic rings. The van der Waals surface area contributed by atoms with Crippen LogP contribution in [-0.4, -0.2) is 42.3 Å². The van der Waals surface area contributed by atoms with Crippen LogP contribution in [0.3, 0.4) is 0 Å². The third kappa shape index (κ3) is 4.07. The zero-order valence-corrected chi connectivity index (χ0v) is 12.5. The Morgan fingerprint density at radius 3 is 3.00 bits per heavy atom. The fourth-order valence-electron chi connectivity index (χ4n) is 2.47. The summed E-state index contributed by atoms with van der Waals surface area (Å²) in [5, 5.41) is 8.72. The lowest BCUT2D eigenvalue weighted by Gasteiger charge is -2.23. The van der Waals surface area contributed by atoms with Crippen LogP contribution in [0.2, 0.25) is 0 Å². The number of carbonyl (C=O) groups excluding carboxylic acids is 1. The Morgan fingerprint density at radius 2 is 2.33 bits per heavy atom. The van der Waals surface area contributed by atoms with Gasteiger partial charge in [-0.2, -0.15) is 0 Å². The van der Waals surface area contributed by atoms with Gasteiger partial charge in [0.2, 0.25) is 0 Å². The van der Waals surface area contributed by atoms with Crippen molar-refractivity contribution in [3.8, 4) is 11.8 Å². The van der Waals surface area contributed by atoms with Gasteiger partial charge in [0, 0.05) is 25.8 Å². The summed E-state index contributed by atoms with van der Waals surface area (Å²) in [4.78, 5) is 14.1. The average Bonchev–Trinajstić information content (AvgIpc) is 2.90. The summed E-state index contributed by atoms with van der Waals surface area (Å²) in [6, 6.07) is 7.69. The highest BCUT2D eigenvalue weighted by atomic mass is 16.5. The van der Waals surface area contributed by atoms with Crippen LogP contribution in [0.25, 0.3) is 0 Å². The number of aliphatic hydroxyl groups excluding tert-OH is 1. The van der Waals surface area contributed by atoms with Crippen molar-refractivity contribution in [1.82, 2.24) is 4.90 Å². The van der Waals surface area contributed by atoms with Crippen LogP contribution in [0.4, 0.5) is 0 Å². The zero-order valence-electron chi connectivity index (χ0n) is 12.5. The lowest BCUT2D eigenvalue weighted by Crippen LogP contribution is -2.38. The summed E-state index contributed by atoms with van der Waals surface area (Å²) in [6.45, 7) is 3.09. The molecule has 0 aromatic heterocycles. The maximum atomic E-state index is 12.4. The molecule has 0 spiro atoms. The van der Waals surface area contributed by atoms with Gasteiger partial charge in [-0.15, -0.1) is 0 Å². The van der Waals surface area contributed by atoms with Gasteiger partial charge in [-0.05, 0) is 30.0 Å². The second kappa shape index (κ2) is 7.26. The largest absolute Gasteiger partial charge is 0.384 e. The molecule has 1 aliphatic heterocycles. The van der Waals surface area contributed by atoms with Crippen molar-refractivity contribution in [2.24, 2.45) is 5.92 Å².